The Balaban J connectivity index is 3.32. The lowest BCUT2D eigenvalue weighted by Crippen LogP contribution is -2.42. The molecule has 0 amide bonds. The minimum Gasteiger partial charge on any atom is -0.393 e. The van der Waals surface area contributed by atoms with Gasteiger partial charge in [-0.15, -0.1) is 0 Å². The molecule has 0 radical (unpaired) electrons. The molecule has 1 atom stereocenters. The quantitative estimate of drug-likeness (QED) is 0.521. The summed E-state index contributed by atoms with van der Waals surface area (Å²) < 4.78 is 26.4. The minimum absolute atomic E-state index is 0.0644. The third-order valence-corrected chi connectivity index (χ3v) is 5.60. The van der Waals surface area contributed by atoms with Gasteiger partial charge in [0.25, 0.3) is 5.69 Å². The molecule has 0 aliphatic rings. The van der Waals surface area contributed by atoms with Gasteiger partial charge in [0.2, 0.25) is 10.0 Å². The Hall–Kier alpha value is -1.67. The molecule has 0 aromatic heterocycles. The molecule has 0 bridgehead atoms. The van der Waals surface area contributed by atoms with Gasteiger partial charge in [0.05, 0.1) is 9.82 Å². The highest BCUT2D eigenvalue weighted by Gasteiger charge is 2.33. The lowest BCUT2D eigenvalue weighted by Gasteiger charge is -2.34. The Morgan fingerprint density at radius 1 is 1.33 bits per heavy atom. The first kappa shape index (κ1) is 17.4. The van der Waals surface area contributed by atoms with Crippen LogP contribution in [-0.4, -0.2) is 30.7 Å². The molecule has 0 saturated heterocycles. The molecule has 0 saturated carbocycles. The largest absolute Gasteiger partial charge is 0.393 e. The summed E-state index contributed by atoms with van der Waals surface area (Å²) in [5.74, 6) is 0. The zero-order chi connectivity index (χ0) is 16.6. The topological polar surface area (TPSA) is 107 Å². The number of benzene rings is 1. The van der Waals surface area contributed by atoms with Crippen molar-refractivity contribution in [2.45, 2.75) is 38.6 Å². The molecule has 0 heterocycles. The van der Waals surface area contributed by atoms with Crippen molar-refractivity contribution in [2.75, 3.05) is 12.8 Å². The molecular weight excluding hydrogens is 294 g/mol. The molecule has 0 fully saturated rings. The van der Waals surface area contributed by atoms with E-state index in [9.17, 15) is 18.5 Å². The van der Waals surface area contributed by atoms with Crippen LogP contribution in [0, 0.1) is 15.5 Å². The van der Waals surface area contributed by atoms with E-state index in [1.54, 1.807) is 6.92 Å². The fourth-order valence-corrected chi connectivity index (χ4v) is 3.33. The van der Waals surface area contributed by atoms with Crippen molar-refractivity contribution >= 4 is 21.4 Å². The predicted octanol–water partition coefficient (Wildman–Crippen LogP) is 2.23. The average Bonchev–Trinajstić information content (AvgIpc) is 2.35. The van der Waals surface area contributed by atoms with Crippen molar-refractivity contribution in [1.29, 1.82) is 0 Å². The molecule has 8 heteroatoms. The van der Waals surface area contributed by atoms with E-state index in [0.717, 1.165) is 6.07 Å². The van der Waals surface area contributed by atoms with Crippen molar-refractivity contribution in [3.63, 3.8) is 0 Å². The normalized spacial score (nSPS) is 14.2. The molecule has 0 aliphatic heterocycles. The Labute approximate surface area is 124 Å². The van der Waals surface area contributed by atoms with Crippen LogP contribution in [0.5, 0.6) is 0 Å². The minimum atomic E-state index is -3.82. The van der Waals surface area contributed by atoms with Gasteiger partial charge in [0.15, 0.2) is 0 Å². The summed E-state index contributed by atoms with van der Waals surface area (Å²) in [5, 5.41) is 10.9. The van der Waals surface area contributed by atoms with Crippen LogP contribution in [-0.2, 0) is 10.0 Å². The molecule has 0 aliphatic carbocycles. The van der Waals surface area contributed by atoms with Crippen LogP contribution in [0.3, 0.4) is 0 Å². The van der Waals surface area contributed by atoms with Gasteiger partial charge in [-0.05, 0) is 24.5 Å². The highest BCUT2D eigenvalue weighted by Crippen LogP contribution is 2.30. The highest BCUT2D eigenvalue weighted by atomic mass is 32.2. The van der Waals surface area contributed by atoms with Gasteiger partial charge in [-0.2, -0.15) is 4.31 Å². The lowest BCUT2D eigenvalue weighted by molar-refractivity contribution is -0.384. The fourth-order valence-electron chi connectivity index (χ4n) is 1.76. The average molecular weight is 315 g/mol. The first-order chi connectivity index (χ1) is 9.39. The highest BCUT2D eigenvalue weighted by molar-refractivity contribution is 7.89. The third-order valence-electron chi connectivity index (χ3n) is 3.67. The smallest absolute Gasteiger partial charge is 0.293 e. The van der Waals surface area contributed by atoms with Gasteiger partial charge in [-0.1, -0.05) is 20.8 Å². The first-order valence-electron chi connectivity index (χ1n) is 6.41. The number of anilines is 1. The van der Waals surface area contributed by atoms with Crippen molar-refractivity contribution < 1.29 is 13.3 Å². The summed E-state index contributed by atoms with van der Waals surface area (Å²) in [4.78, 5) is 10.1. The van der Waals surface area contributed by atoms with E-state index in [-0.39, 0.29) is 22.0 Å². The summed E-state index contributed by atoms with van der Waals surface area (Å²) in [6.45, 7) is 7.57. The zero-order valence-electron chi connectivity index (χ0n) is 12.8. The zero-order valence-corrected chi connectivity index (χ0v) is 13.6. The van der Waals surface area contributed by atoms with Gasteiger partial charge in [0, 0.05) is 19.2 Å². The number of nitrogen functional groups attached to an aromatic ring is 1. The SMILES string of the molecule is CC(N(C)S(=O)(=O)c1ccc(N)c([N+](=O)[O-])c1)C(C)(C)C. The maximum absolute atomic E-state index is 12.6. The van der Waals surface area contributed by atoms with E-state index >= 15 is 0 Å². The van der Waals surface area contributed by atoms with Crippen molar-refractivity contribution in [1.82, 2.24) is 4.31 Å². The van der Waals surface area contributed by atoms with E-state index in [0.29, 0.717) is 0 Å². The summed E-state index contributed by atoms with van der Waals surface area (Å²) in [5.41, 5.74) is 4.75. The molecule has 1 unspecified atom stereocenters. The third kappa shape index (κ3) is 3.51. The Bertz CT molecular complexity index is 650. The van der Waals surface area contributed by atoms with Crippen LogP contribution >= 0.6 is 0 Å². The Morgan fingerprint density at radius 3 is 2.29 bits per heavy atom. The first-order valence-corrected chi connectivity index (χ1v) is 7.85. The number of rotatable bonds is 4. The second kappa shape index (κ2) is 5.61. The lowest BCUT2D eigenvalue weighted by atomic mass is 9.88. The van der Waals surface area contributed by atoms with Crippen LogP contribution in [0.25, 0.3) is 0 Å². The van der Waals surface area contributed by atoms with E-state index in [2.05, 4.69) is 0 Å². The van der Waals surface area contributed by atoms with Crippen LogP contribution in [0.15, 0.2) is 23.1 Å². The molecule has 118 valence electrons. The fraction of sp³-hybridized carbons (Fsp3) is 0.538. The van der Waals surface area contributed by atoms with Gasteiger partial charge in [-0.25, -0.2) is 8.42 Å². The summed E-state index contributed by atoms with van der Waals surface area (Å²) in [6.07, 6.45) is 0. The number of nitrogens with two attached hydrogens (primary N) is 1. The summed E-state index contributed by atoms with van der Waals surface area (Å²) >= 11 is 0. The molecule has 2 N–H and O–H groups in total. The number of nitrogens with zero attached hydrogens (tertiary/aromatic N) is 2. The van der Waals surface area contributed by atoms with Gasteiger partial charge in [0.1, 0.15) is 5.69 Å². The maximum Gasteiger partial charge on any atom is 0.293 e. The monoisotopic (exact) mass is 315 g/mol. The number of nitro groups is 1. The second-order valence-electron chi connectivity index (χ2n) is 6.04. The molecule has 21 heavy (non-hydrogen) atoms. The molecular formula is C13H21N3O4S. The maximum atomic E-state index is 12.6. The molecule has 1 rings (SSSR count). The molecule has 7 nitrogen and oxygen atoms in total. The van der Waals surface area contributed by atoms with E-state index < -0.39 is 20.6 Å². The number of hydrogen-bond acceptors (Lipinski definition) is 5. The Kier molecular flexibility index (Phi) is 4.64. The number of nitro benzene ring substituents is 1. The standard InChI is InChI=1S/C13H21N3O4S/c1-9(13(2,3)4)15(5)21(19,20)10-6-7-11(14)12(8-10)16(17)18/h6-9H,14H2,1-5H3. The van der Waals surface area contributed by atoms with E-state index in [4.69, 9.17) is 5.73 Å². The Morgan fingerprint density at radius 2 is 1.86 bits per heavy atom. The predicted molar refractivity (Wildman–Crippen MR) is 81.4 cm³/mol. The summed E-state index contributed by atoms with van der Waals surface area (Å²) in [7, 11) is -2.36. The van der Waals surface area contributed by atoms with Crippen molar-refractivity contribution in [3.8, 4) is 0 Å². The number of sulfonamides is 1. The van der Waals surface area contributed by atoms with E-state index in [1.165, 1.54) is 23.5 Å². The van der Waals surface area contributed by atoms with Crippen LogP contribution in [0.2, 0.25) is 0 Å². The van der Waals surface area contributed by atoms with Gasteiger partial charge < -0.3 is 5.73 Å². The van der Waals surface area contributed by atoms with Gasteiger partial charge in [-0.3, -0.25) is 10.1 Å². The van der Waals surface area contributed by atoms with Crippen LogP contribution in [0.1, 0.15) is 27.7 Å². The second-order valence-corrected chi connectivity index (χ2v) is 8.04. The molecule has 0 spiro atoms. The van der Waals surface area contributed by atoms with Crippen molar-refractivity contribution in [3.05, 3.63) is 28.3 Å². The van der Waals surface area contributed by atoms with Crippen LogP contribution in [0.4, 0.5) is 11.4 Å². The molecule has 1 aromatic rings. The van der Waals surface area contributed by atoms with E-state index in [1.807, 2.05) is 20.8 Å². The molecule has 1 aromatic carbocycles. The summed E-state index contributed by atoms with van der Waals surface area (Å²) in [6, 6.07) is 3.24. The van der Waals surface area contributed by atoms with Crippen molar-refractivity contribution in [2.24, 2.45) is 5.41 Å². The number of hydrogen-bond donors (Lipinski definition) is 1. The van der Waals surface area contributed by atoms with Gasteiger partial charge >= 0.3 is 0 Å². The van der Waals surface area contributed by atoms with Crippen LogP contribution < -0.4 is 5.73 Å².